The molecule has 2 saturated heterocycles. The summed E-state index contributed by atoms with van der Waals surface area (Å²) in [5, 5.41) is 4.09. The summed E-state index contributed by atoms with van der Waals surface area (Å²) in [5.41, 5.74) is 0.580. The summed E-state index contributed by atoms with van der Waals surface area (Å²) in [7, 11) is 0. The van der Waals surface area contributed by atoms with Gasteiger partial charge < -0.3 is 4.90 Å². The molecular weight excluding hydrogens is 220 g/mol. The molecule has 6 heteroatoms. The van der Waals surface area contributed by atoms with Crippen LogP contribution in [0, 0.1) is 0 Å². The van der Waals surface area contributed by atoms with E-state index in [-0.39, 0.29) is 18.0 Å². The van der Waals surface area contributed by atoms with Crippen LogP contribution in [0.1, 0.15) is 19.8 Å². The lowest BCUT2D eigenvalue weighted by molar-refractivity contribution is -0.119. The number of urea groups is 1. The second-order valence-corrected chi connectivity index (χ2v) is 4.36. The number of imide groups is 1. The van der Waals surface area contributed by atoms with Gasteiger partial charge in [-0.05, 0) is 19.8 Å². The molecule has 2 fully saturated rings. The highest BCUT2D eigenvalue weighted by molar-refractivity contribution is 6.21. The molecule has 6 nitrogen and oxygen atoms in total. The molecule has 0 bridgehead atoms. The van der Waals surface area contributed by atoms with E-state index < -0.39 is 0 Å². The van der Waals surface area contributed by atoms with Crippen LogP contribution >= 0.6 is 0 Å². The van der Waals surface area contributed by atoms with Gasteiger partial charge in [0.1, 0.15) is 6.04 Å². The first-order chi connectivity index (χ1) is 8.22. The number of fused-ring (bicyclic) bond motifs is 1. The van der Waals surface area contributed by atoms with Crippen LogP contribution in [0.4, 0.5) is 10.5 Å². The first-order valence-electron chi connectivity index (χ1n) is 5.89. The van der Waals surface area contributed by atoms with Crippen LogP contribution < -0.4 is 4.90 Å². The van der Waals surface area contributed by atoms with Crippen LogP contribution in [-0.2, 0) is 11.3 Å². The van der Waals surface area contributed by atoms with Crippen molar-refractivity contribution in [1.29, 1.82) is 0 Å². The van der Waals surface area contributed by atoms with Crippen molar-refractivity contribution >= 4 is 17.6 Å². The van der Waals surface area contributed by atoms with E-state index in [0.717, 1.165) is 19.4 Å². The van der Waals surface area contributed by atoms with Gasteiger partial charge in [0.25, 0.3) is 5.91 Å². The number of carbonyl (C=O) groups is 2. The zero-order chi connectivity index (χ0) is 12.0. The molecule has 3 heterocycles. The van der Waals surface area contributed by atoms with E-state index in [9.17, 15) is 9.59 Å². The van der Waals surface area contributed by atoms with Crippen LogP contribution in [0.15, 0.2) is 12.4 Å². The smallest absolute Gasteiger partial charge is 0.312 e. The van der Waals surface area contributed by atoms with E-state index in [0.29, 0.717) is 12.2 Å². The number of aryl methyl sites for hydroxylation is 1. The molecule has 0 radical (unpaired) electrons. The number of carbonyl (C=O) groups excluding carboxylic acids is 2. The lowest BCUT2D eigenvalue weighted by atomic mass is 10.2. The highest BCUT2D eigenvalue weighted by atomic mass is 16.2. The molecule has 0 aromatic carbocycles. The minimum atomic E-state index is -0.243. The Labute approximate surface area is 98.8 Å². The van der Waals surface area contributed by atoms with Crippen LogP contribution in [0.25, 0.3) is 0 Å². The largest absolute Gasteiger partial charge is 0.332 e. The zero-order valence-corrected chi connectivity index (χ0v) is 9.67. The number of hydrogen-bond acceptors (Lipinski definition) is 3. The van der Waals surface area contributed by atoms with Gasteiger partial charge in [-0.2, -0.15) is 5.10 Å². The average molecular weight is 234 g/mol. The van der Waals surface area contributed by atoms with Crippen molar-refractivity contribution in [3.05, 3.63) is 12.4 Å². The number of nitrogens with zero attached hydrogens (tertiary/aromatic N) is 4. The molecule has 90 valence electrons. The van der Waals surface area contributed by atoms with Gasteiger partial charge in [0.15, 0.2) is 0 Å². The number of aromatic nitrogens is 2. The van der Waals surface area contributed by atoms with Crippen molar-refractivity contribution in [2.24, 2.45) is 0 Å². The predicted molar refractivity (Wildman–Crippen MR) is 60.5 cm³/mol. The highest BCUT2D eigenvalue weighted by Gasteiger charge is 2.48. The molecule has 1 aromatic rings. The number of anilines is 1. The Kier molecular flexibility index (Phi) is 2.17. The van der Waals surface area contributed by atoms with Crippen LogP contribution in [-0.4, -0.2) is 39.2 Å². The fraction of sp³-hybridized carbons (Fsp3) is 0.545. The van der Waals surface area contributed by atoms with E-state index in [1.807, 2.05) is 6.92 Å². The quantitative estimate of drug-likeness (QED) is 0.712. The first kappa shape index (κ1) is 10.3. The third kappa shape index (κ3) is 1.36. The molecule has 1 unspecified atom stereocenters. The van der Waals surface area contributed by atoms with Gasteiger partial charge >= 0.3 is 6.03 Å². The van der Waals surface area contributed by atoms with Gasteiger partial charge in [0.2, 0.25) is 0 Å². The lowest BCUT2D eigenvalue weighted by Gasteiger charge is -2.13. The Bertz CT molecular complexity index is 460. The maximum Gasteiger partial charge on any atom is 0.332 e. The van der Waals surface area contributed by atoms with Gasteiger partial charge in [-0.3, -0.25) is 9.48 Å². The molecule has 0 spiro atoms. The molecule has 0 aliphatic carbocycles. The van der Waals surface area contributed by atoms with E-state index >= 15 is 0 Å². The summed E-state index contributed by atoms with van der Waals surface area (Å²) >= 11 is 0. The summed E-state index contributed by atoms with van der Waals surface area (Å²) < 4.78 is 1.71. The Balaban J connectivity index is 1.93. The Morgan fingerprint density at radius 3 is 2.94 bits per heavy atom. The van der Waals surface area contributed by atoms with Crippen molar-refractivity contribution < 1.29 is 9.59 Å². The second-order valence-electron chi connectivity index (χ2n) is 4.36. The van der Waals surface area contributed by atoms with Crippen LogP contribution in [0.5, 0.6) is 0 Å². The fourth-order valence-corrected chi connectivity index (χ4v) is 2.50. The molecule has 1 atom stereocenters. The number of amides is 3. The van der Waals surface area contributed by atoms with Gasteiger partial charge in [0, 0.05) is 19.3 Å². The second kappa shape index (κ2) is 3.58. The number of hydrogen-bond donors (Lipinski definition) is 0. The van der Waals surface area contributed by atoms with Gasteiger partial charge in [-0.25, -0.2) is 9.69 Å². The van der Waals surface area contributed by atoms with Gasteiger partial charge in [-0.1, -0.05) is 0 Å². The van der Waals surface area contributed by atoms with Crippen molar-refractivity contribution in [2.45, 2.75) is 32.4 Å². The molecule has 0 saturated carbocycles. The highest BCUT2D eigenvalue weighted by Crippen LogP contribution is 2.30. The minimum Gasteiger partial charge on any atom is -0.312 e. The molecule has 17 heavy (non-hydrogen) atoms. The van der Waals surface area contributed by atoms with Crippen LogP contribution in [0.3, 0.4) is 0 Å². The standard InChI is InChI=1S/C11H14N4O2/c1-2-13-7-8(6-12-13)15-10(16)9-4-3-5-14(9)11(15)17/h6-7,9H,2-5H2,1H3. The van der Waals surface area contributed by atoms with E-state index in [1.54, 1.807) is 22.0 Å². The topological polar surface area (TPSA) is 58.4 Å². The van der Waals surface area contributed by atoms with Crippen molar-refractivity contribution in [3.63, 3.8) is 0 Å². The SMILES string of the molecule is CCn1cc(N2C(=O)C3CCCN3C2=O)cn1. The minimum absolute atomic E-state index is 0.108. The summed E-state index contributed by atoms with van der Waals surface area (Å²) in [6, 6.07) is -0.444. The maximum absolute atomic E-state index is 12.1. The Hall–Kier alpha value is -1.85. The van der Waals surface area contributed by atoms with Crippen molar-refractivity contribution in [3.8, 4) is 0 Å². The average Bonchev–Trinajstić information content (AvgIpc) is 3.00. The van der Waals surface area contributed by atoms with Gasteiger partial charge in [0.05, 0.1) is 11.9 Å². The Morgan fingerprint density at radius 1 is 1.47 bits per heavy atom. The zero-order valence-electron chi connectivity index (χ0n) is 9.67. The lowest BCUT2D eigenvalue weighted by Crippen LogP contribution is -2.32. The molecule has 3 amide bonds. The van der Waals surface area contributed by atoms with Crippen molar-refractivity contribution in [2.75, 3.05) is 11.4 Å². The summed E-state index contributed by atoms with van der Waals surface area (Å²) in [6.45, 7) is 3.37. The number of rotatable bonds is 2. The van der Waals surface area contributed by atoms with E-state index in [1.165, 1.54) is 4.90 Å². The third-order valence-corrected chi connectivity index (χ3v) is 3.40. The summed E-state index contributed by atoms with van der Waals surface area (Å²) in [6.07, 6.45) is 5.01. The van der Waals surface area contributed by atoms with Gasteiger partial charge in [-0.15, -0.1) is 0 Å². The monoisotopic (exact) mass is 234 g/mol. The molecule has 1 aromatic heterocycles. The maximum atomic E-state index is 12.1. The van der Waals surface area contributed by atoms with Crippen molar-refractivity contribution in [1.82, 2.24) is 14.7 Å². The molecule has 3 rings (SSSR count). The molecule has 2 aliphatic heterocycles. The third-order valence-electron chi connectivity index (χ3n) is 3.40. The summed E-state index contributed by atoms with van der Waals surface area (Å²) in [4.78, 5) is 27.1. The van der Waals surface area contributed by atoms with E-state index in [2.05, 4.69) is 5.10 Å². The fourth-order valence-electron chi connectivity index (χ4n) is 2.50. The first-order valence-corrected chi connectivity index (χ1v) is 5.89. The Morgan fingerprint density at radius 2 is 2.29 bits per heavy atom. The molecule has 2 aliphatic rings. The van der Waals surface area contributed by atoms with E-state index in [4.69, 9.17) is 0 Å². The predicted octanol–water partition coefficient (Wildman–Crippen LogP) is 0.834. The molecule has 0 N–H and O–H groups in total. The normalized spacial score (nSPS) is 23.7. The summed E-state index contributed by atoms with van der Waals surface area (Å²) in [5.74, 6) is -0.108. The molecular formula is C11H14N4O2. The van der Waals surface area contributed by atoms with Crippen LogP contribution in [0.2, 0.25) is 0 Å².